The van der Waals surface area contributed by atoms with Crippen LogP contribution in [0.25, 0.3) is 11.3 Å². The first-order valence-corrected chi connectivity index (χ1v) is 6.35. The molecule has 0 radical (unpaired) electrons. The van der Waals surface area contributed by atoms with Crippen molar-refractivity contribution in [2.75, 3.05) is 36.9 Å². The van der Waals surface area contributed by atoms with Gasteiger partial charge in [0.1, 0.15) is 5.69 Å². The van der Waals surface area contributed by atoms with Crippen molar-refractivity contribution in [3.05, 3.63) is 28.6 Å². The number of nitrogen functional groups attached to an aromatic ring is 1. The lowest BCUT2D eigenvalue weighted by molar-refractivity contribution is 0.122. The fourth-order valence-corrected chi connectivity index (χ4v) is 2.02. The van der Waals surface area contributed by atoms with Crippen LogP contribution in [-0.4, -0.2) is 46.2 Å². The molecule has 0 spiro atoms. The third-order valence-electron chi connectivity index (χ3n) is 3.11. The number of morpholine rings is 1. The van der Waals surface area contributed by atoms with Gasteiger partial charge in [0, 0.05) is 31.0 Å². The van der Waals surface area contributed by atoms with E-state index in [1.165, 1.54) is 12.4 Å². The molecule has 1 fully saturated rings. The number of H-pyrrole nitrogens is 1. The second-order valence-corrected chi connectivity index (χ2v) is 4.48. The standard InChI is InChI=1S/C12H13FN6O2/c13-8-9(7-5-15-11(14)16-6-7)17-12(18-10(8)20)19-1-3-21-4-2-19/h5-6H,1-4H2,(H2,14,15,16)(H,17,18,20). The van der Waals surface area contributed by atoms with Gasteiger partial charge in [0.25, 0.3) is 5.56 Å². The minimum absolute atomic E-state index is 0.0670. The van der Waals surface area contributed by atoms with Crippen molar-refractivity contribution in [1.82, 2.24) is 19.9 Å². The number of nitrogens with two attached hydrogens (primary N) is 1. The van der Waals surface area contributed by atoms with Crippen LogP contribution in [0.2, 0.25) is 0 Å². The molecular weight excluding hydrogens is 279 g/mol. The van der Waals surface area contributed by atoms with E-state index in [4.69, 9.17) is 10.5 Å². The first-order valence-electron chi connectivity index (χ1n) is 6.35. The third-order valence-corrected chi connectivity index (χ3v) is 3.11. The molecule has 0 unspecified atom stereocenters. The van der Waals surface area contributed by atoms with Crippen LogP contribution in [-0.2, 0) is 4.74 Å². The summed E-state index contributed by atoms with van der Waals surface area (Å²) in [5.41, 5.74) is 4.76. The highest BCUT2D eigenvalue weighted by Gasteiger charge is 2.19. The minimum Gasteiger partial charge on any atom is -0.378 e. The molecule has 21 heavy (non-hydrogen) atoms. The van der Waals surface area contributed by atoms with Gasteiger partial charge in [0.2, 0.25) is 17.7 Å². The first kappa shape index (κ1) is 13.4. The average Bonchev–Trinajstić information content (AvgIpc) is 2.52. The van der Waals surface area contributed by atoms with Gasteiger partial charge in [-0.3, -0.25) is 9.78 Å². The lowest BCUT2D eigenvalue weighted by atomic mass is 10.2. The summed E-state index contributed by atoms with van der Waals surface area (Å²) in [5.74, 6) is -0.602. The van der Waals surface area contributed by atoms with Gasteiger partial charge in [0.15, 0.2) is 0 Å². The average molecular weight is 292 g/mol. The highest BCUT2D eigenvalue weighted by Crippen LogP contribution is 2.19. The number of aromatic nitrogens is 4. The van der Waals surface area contributed by atoms with E-state index in [2.05, 4.69) is 19.9 Å². The van der Waals surface area contributed by atoms with Gasteiger partial charge < -0.3 is 15.4 Å². The largest absolute Gasteiger partial charge is 0.378 e. The fraction of sp³-hybridized carbons (Fsp3) is 0.333. The summed E-state index contributed by atoms with van der Waals surface area (Å²) in [4.78, 5) is 27.7. The molecule has 1 aliphatic rings. The van der Waals surface area contributed by atoms with Crippen LogP contribution in [0.15, 0.2) is 17.2 Å². The number of hydrogen-bond acceptors (Lipinski definition) is 7. The molecule has 0 bridgehead atoms. The van der Waals surface area contributed by atoms with Crippen molar-refractivity contribution >= 4 is 11.9 Å². The molecule has 2 aromatic heterocycles. The number of rotatable bonds is 2. The third kappa shape index (κ3) is 2.68. The number of anilines is 2. The Bertz CT molecular complexity index is 696. The van der Waals surface area contributed by atoms with Gasteiger partial charge in [-0.15, -0.1) is 0 Å². The Kier molecular flexibility index (Phi) is 3.48. The molecule has 9 heteroatoms. The number of nitrogens with one attached hydrogen (secondary N) is 1. The summed E-state index contributed by atoms with van der Waals surface area (Å²) in [6, 6.07) is 0. The number of halogens is 1. The second-order valence-electron chi connectivity index (χ2n) is 4.48. The van der Waals surface area contributed by atoms with Crippen molar-refractivity contribution < 1.29 is 9.13 Å². The first-order chi connectivity index (χ1) is 10.1. The van der Waals surface area contributed by atoms with Crippen molar-refractivity contribution in [2.24, 2.45) is 0 Å². The molecule has 0 amide bonds. The van der Waals surface area contributed by atoms with Crippen LogP contribution in [0.3, 0.4) is 0 Å². The summed E-state index contributed by atoms with van der Waals surface area (Å²) < 4.78 is 19.2. The van der Waals surface area contributed by atoms with Gasteiger partial charge in [-0.05, 0) is 0 Å². The predicted molar refractivity (Wildman–Crippen MR) is 73.3 cm³/mol. The van der Waals surface area contributed by atoms with Crippen LogP contribution in [0, 0.1) is 5.82 Å². The monoisotopic (exact) mass is 292 g/mol. The predicted octanol–water partition coefficient (Wildman–Crippen LogP) is -0.215. The van der Waals surface area contributed by atoms with E-state index in [1.54, 1.807) is 0 Å². The van der Waals surface area contributed by atoms with Crippen molar-refractivity contribution in [1.29, 1.82) is 0 Å². The molecule has 0 aromatic carbocycles. The summed E-state index contributed by atoms with van der Waals surface area (Å²) in [5, 5.41) is 0. The van der Waals surface area contributed by atoms with E-state index in [0.717, 1.165) is 0 Å². The Hall–Kier alpha value is -2.55. The molecule has 2 aromatic rings. The van der Waals surface area contributed by atoms with E-state index in [0.29, 0.717) is 37.8 Å². The summed E-state index contributed by atoms with van der Waals surface area (Å²) in [7, 11) is 0. The Morgan fingerprint density at radius 1 is 1.29 bits per heavy atom. The molecule has 0 aliphatic carbocycles. The second kappa shape index (κ2) is 5.44. The number of hydrogen-bond donors (Lipinski definition) is 2. The number of ether oxygens (including phenoxy) is 1. The van der Waals surface area contributed by atoms with Crippen LogP contribution >= 0.6 is 0 Å². The zero-order valence-corrected chi connectivity index (χ0v) is 11.0. The van der Waals surface area contributed by atoms with Gasteiger partial charge in [-0.1, -0.05) is 0 Å². The Balaban J connectivity index is 2.05. The quantitative estimate of drug-likeness (QED) is 0.787. The molecule has 8 nitrogen and oxygen atoms in total. The highest BCUT2D eigenvalue weighted by atomic mass is 19.1. The number of nitrogens with zero attached hydrogens (tertiary/aromatic N) is 4. The van der Waals surface area contributed by atoms with E-state index >= 15 is 0 Å². The molecule has 3 N–H and O–H groups in total. The SMILES string of the molecule is Nc1ncc(-c2nc(N3CCOCC3)[nH]c(=O)c2F)cn1. The van der Waals surface area contributed by atoms with Crippen LogP contribution < -0.4 is 16.2 Å². The normalized spacial score (nSPS) is 15.2. The maximum atomic E-state index is 14.0. The van der Waals surface area contributed by atoms with Crippen molar-refractivity contribution in [3.63, 3.8) is 0 Å². The molecule has 3 heterocycles. The highest BCUT2D eigenvalue weighted by molar-refractivity contribution is 5.59. The van der Waals surface area contributed by atoms with Crippen LogP contribution in [0.4, 0.5) is 16.3 Å². The molecule has 110 valence electrons. The Labute approximate surface area is 118 Å². The van der Waals surface area contributed by atoms with Gasteiger partial charge in [0.05, 0.1) is 13.2 Å². The van der Waals surface area contributed by atoms with E-state index in [1.807, 2.05) is 4.90 Å². The van der Waals surface area contributed by atoms with E-state index in [-0.39, 0.29) is 11.6 Å². The smallest absolute Gasteiger partial charge is 0.289 e. The number of aromatic amines is 1. The van der Waals surface area contributed by atoms with Crippen LogP contribution in [0.1, 0.15) is 0 Å². The zero-order valence-electron chi connectivity index (χ0n) is 11.0. The van der Waals surface area contributed by atoms with Crippen LogP contribution in [0.5, 0.6) is 0 Å². The van der Waals surface area contributed by atoms with Gasteiger partial charge in [-0.2, -0.15) is 4.39 Å². The Morgan fingerprint density at radius 3 is 2.62 bits per heavy atom. The van der Waals surface area contributed by atoms with Gasteiger partial charge >= 0.3 is 0 Å². The molecule has 3 rings (SSSR count). The van der Waals surface area contributed by atoms with Crippen molar-refractivity contribution in [3.8, 4) is 11.3 Å². The maximum absolute atomic E-state index is 14.0. The zero-order chi connectivity index (χ0) is 14.8. The van der Waals surface area contributed by atoms with E-state index < -0.39 is 11.4 Å². The lowest BCUT2D eigenvalue weighted by Crippen LogP contribution is -2.38. The fourth-order valence-electron chi connectivity index (χ4n) is 2.02. The topological polar surface area (TPSA) is 110 Å². The lowest BCUT2D eigenvalue weighted by Gasteiger charge is -2.27. The maximum Gasteiger partial charge on any atom is 0.289 e. The molecule has 1 aliphatic heterocycles. The van der Waals surface area contributed by atoms with E-state index in [9.17, 15) is 9.18 Å². The minimum atomic E-state index is -0.972. The summed E-state index contributed by atoms with van der Waals surface area (Å²) in [6.45, 7) is 2.21. The van der Waals surface area contributed by atoms with Crippen molar-refractivity contribution in [2.45, 2.75) is 0 Å². The Morgan fingerprint density at radius 2 is 1.95 bits per heavy atom. The summed E-state index contributed by atoms with van der Waals surface area (Å²) >= 11 is 0. The molecule has 1 saturated heterocycles. The van der Waals surface area contributed by atoms with Gasteiger partial charge in [-0.25, -0.2) is 15.0 Å². The molecule has 0 saturated carbocycles. The summed E-state index contributed by atoms with van der Waals surface area (Å²) in [6.07, 6.45) is 2.66. The molecule has 0 atom stereocenters. The molecular formula is C12H13FN6O2.